The Kier molecular flexibility index (Phi) is 7.25. The SMILES string of the molecule is Cc1cccc(CCC(C)NCC(C(C)C)N(C)C)c1. The summed E-state index contributed by atoms with van der Waals surface area (Å²) < 4.78 is 0. The van der Waals surface area contributed by atoms with E-state index in [4.69, 9.17) is 0 Å². The fourth-order valence-corrected chi connectivity index (χ4v) is 2.69. The van der Waals surface area contributed by atoms with E-state index >= 15 is 0 Å². The Morgan fingerprint density at radius 3 is 2.40 bits per heavy atom. The van der Waals surface area contributed by atoms with E-state index in [9.17, 15) is 0 Å². The minimum Gasteiger partial charge on any atom is -0.313 e. The number of rotatable bonds is 8. The lowest BCUT2D eigenvalue weighted by atomic mass is 10.0. The lowest BCUT2D eigenvalue weighted by molar-refractivity contribution is 0.218. The van der Waals surface area contributed by atoms with Crippen LogP contribution in [0.5, 0.6) is 0 Å². The molecule has 0 amide bonds. The molecule has 0 saturated carbocycles. The largest absolute Gasteiger partial charge is 0.313 e. The van der Waals surface area contributed by atoms with Gasteiger partial charge < -0.3 is 10.2 Å². The van der Waals surface area contributed by atoms with Crippen LogP contribution in [-0.2, 0) is 6.42 Å². The van der Waals surface area contributed by atoms with Gasteiger partial charge in [0.15, 0.2) is 0 Å². The predicted octanol–water partition coefficient (Wildman–Crippen LogP) is 3.49. The molecule has 0 radical (unpaired) electrons. The summed E-state index contributed by atoms with van der Waals surface area (Å²) >= 11 is 0. The lowest BCUT2D eigenvalue weighted by Crippen LogP contribution is -2.44. The number of likely N-dealkylation sites (N-methyl/N-ethyl adjacent to an activating group) is 1. The van der Waals surface area contributed by atoms with Crippen LogP contribution in [0.2, 0.25) is 0 Å². The fraction of sp³-hybridized carbons (Fsp3) is 0.667. The molecule has 1 aromatic rings. The summed E-state index contributed by atoms with van der Waals surface area (Å²) in [5, 5.41) is 3.69. The first-order valence-corrected chi connectivity index (χ1v) is 7.85. The number of hydrogen-bond donors (Lipinski definition) is 1. The molecule has 2 unspecified atom stereocenters. The molecule has 0 aliphatic heterocycles. The normalized spacial score (nSPS) is 14.8. The van der Waals surface area contributed by atoms with Crippen LogP contribution in [0.15, 0.2) is 24.3 Å². The molecule has 20 heavy (non-hydrogen) atoms. The topological polar surface area (TPSA) is 15.3 Å². The molecule has 0 aliphatic rings. The Bertz CT molecular complexity index is 377. The minimum atomic E-state index is 0.566. The van der Waals surface area contributed by atoms with Gasteiger partial charge in [-0.25, -0.2) is 0 Å². The van der Waals surface area contributed by atoms with Gasteiger partial charge in [0.2, 0.25) is 0 Å². The summed E-state index contributed by atoms with van der Waals surface area (Å²) in [6, 6.07) is 10.0. The molecular formula is C18H32N2. The van der Waals surface area contributed by atoms with Gasteiger partial charge in [0.1, 0.15) is 0 Å². The van der Waals surface area contributed by atoms with Crippen molar-refractivity contribution in [1.82, 2.24) is 10.2 Å². The highest BCUT2D eigenvalue weighted by molar-refractivity contribution is 5.22. The predicted molar refractivity (Wildman–Crippen MR) is 89.3 cm³/mol. The second-order valence-corrected chi connectivity index (χ2v) is 6.61. The van der Waals surface area contributed by atoms with E-state index in [0.717, 1.165) is 13.0 Å². The zero-order valence-electron chi connectivity index (χ0n) is 14.1. The highest BCUT2D eigenvalue weighted by Gasteiger charge is 2.16. The first kappa shape index (κ1) is 17.2. The van der Waals surface area contributed by atoms with Crippen molar-refractivity contribution >= 4 is 0 Å². The van der Waals surface area contributed by atoms with Crippen LogP contribution in [0.1, 0.15) is 38.3 Å². The average molecular weight is 276 g/mol. The zero-order valence-corrected chi connectivity index (χ0v) is 14.1. The molecule has 0 aromatic heterocycles. The number of hydrogen-bond acceptors (Lipinski definition) is 2. The van der Waals surface area contributed by atoms with Crippen LogP contribution in [0.25, 0.3) is 0 Å². The maximum atomic E-state index is 3.69. The molecule has 1 N–H and O–H groups in total. The summed E-state index contributed by atoms with van der Waals surface area (Å²) in [6.07, 6.45) is 2.35. The Hall–Kier alpha value is -0.860. The third-order valence-electron chi connectivity index (χ3n) is 4.06. The second kappa shape index (κ2) is 8.43. The van der Waals surface area contributed by atoms with Gasteiger partial charge in [0.05, 0.1) is 0 Å². The van der Waals surface area contributed by atoms with Gasteiger partial charge in [0.25, 0.3) is 0 Å². The quantitative estimate of drug-likeness (QED) is 0.782. The summed E-state index contributed by atoms with van der Waals surface area (Å²) in [7, 11) is 4.34. The molecule has 0 aliphatic carbocycles. The minimum absolute atomic E-state index is 0.566. The van der Waals surface area contributed by atoms with Gasteiger partial charge in [0, 0.05) is 18.6 Å². The average Bonchev–Trinajstić information content (AvgIpc) is 2.35. The van der Waals surface area contributed by atoms with E-state index < -0.39 is 0 Å². The zero-order chi connectivity index (χ0) is 15.1. The Labute approximate surface area is 125 Å². The van der Waals surface area contributed by atoms with E-state index in [-0.39, 0.29) is 0 Å². The molecule has 2 atom stereocenters. The van der Waals surface area contributed by atoms with Crippen molar-refractivity contribution < 1.29 is 0 Å². The molecular weight excluding hydrogens is 244 g/mol. The highest BCUT2D eigenvalue weighted by atomic mass is 15.1. The van der Waals surface area contributed by atoms with Crippen molar-refractivity contribution in [2.45, 2.75) is 52.6 Å². The van der Waals surface area contributed by atoms with Gasteiger partial charge in [-0.3, -0.25) is 0 Å². The van der Waals surface area contributed by atoms with Crippen LogP contribution < -0.4 is 5.32 Å². The van der Waals surface area contributed by atoms with Crippen LogP contribution in [0.4, 0.5) is 0 Å². The van der Waals surface area contributed by atoms with Crippen molar-refractivity contribution in [2.75, 3.05) is 20.6 Å². The Morgan fingerprint density at radius 1 is 1.15 bits per heavy atom. The standard InChI is InChI=1S/C18H32N2/c1-14(2)18(20(5)6)13-19-16(4)10-11-17-9-7-8-15(3)12-17/h7-9,12,14,16,18-19H,10-11,13H2,1-6H3. The van der Waals surface area contributed by atoms with E-state index in [0.29, 0.717) is 18.0 Å². The molecule has 2 heteroatoms. The van der Waals surface area contributed by atoms with E-state index in [2.05, 4.69) is 76.3 Å². The first-order chi connectivity index (χ1) is 9.40. The summed E-state index contributed by atoms with van der Waals surface area (Å²) in [6.45, 7) is 10.1. The van der Waals surface area contributed by atoms with Crippen molar-refractivity contribution in [1.29, 1.82) is 0 Å². The number of nitrogens with one attached hydrogen (secondary N) is 1. The third kappa shape index (κ3) is 6.06. The van der Waals surface area contributed by atoms with Crippen LogP contribution in [0, 0.1) is 12.8 Å². The van der Waals surface area contributed by atoms with Gasteiger partial charge >= 0.3 is 0 Å². The lowest BCUT2D eigenvalue weighted by Gasteiger charge is -2.29. The maximum Gasteiger partial charge on any atom is 0.0237 e. The number of nitrogens with zero attached hydrogens (tertiary/aromatic N) is 1. The van der Waals surface area contributed by atoms with Gasteiger partial charge in [-0.1, -0.05) is 43.7 Å². The number of benzene rings is 1. The molecule has 0 heterocycles. The van der Waals surface area contributed by atoms with Crippen molar-refractivity contribution in [3.05, 3.63) is 35.4 Å². The van der Waals surface area contributed by atoms with E-state index in [1.165, 1.54) is 17.5 Å². The van der Waals surface area contributed by atoms with Crippen LogP contribution >= 0.6 is 0 Å². The van der Waals surface area contributed by atoms with Crippen LogP contribution in [0.3, 0.4) is 0 Å². The Balaban J connectivity index is 2.34. The molecule has 0 fully saturated rings. The molecule has 1 rings (SSSR count). The molecule has 0 bridgehead atoms. The van der Waals surface area contributed by atoms with E-state index in [1.54, 1.807) is 0 Å². The van der Waals surface area contributed by atoms with E-state index in [1.807, 2.05) is 0 Å². The van der Waals surface area contributed by atoms with Crippen LogP contribution in [-0.4, -0.2) is 37.6 Å². The Morgan fingerprint density at radius 2 is 1.85 bits per heavy atom. The molecule has 0 spiro atoms. The molecule has 2 nitrogen and oxygen atoms in total. The van der Waals surface area contributed by atoms with Gasteiger partial charge in [-0.15, -0.1) is 0 Å². The van der Waals surface area contributed by atoms with Crippen molar-refractivity contribution in [3.8, 4) is 0 Å². The molecule has 1 aromatic carbocycles. The molecule has 0 saturated heterocycles. The first-order valence-electron chi connectivity index (χ1n) is 7.85. The maximum absolute atomic E-state index is 3.69. The fourth-order valence-electron chi connectivity index (χ4n) is 2.69. The summed E-state index contributed by atoms with van der Waals surface area (Å²) in [5.74, 6) is 0.682. The van der Waals surface area contributed by atoms with Gasteiger partial charge in [-0.05, 0) is 52.3 Å². The monoisotopic (exact) mass is 276 g/mol. The summed E-state index contributed by atoms with van der Waals surface area (Å²) in [4.78, 5) is 2.32. The number of aryl methyl sites for hydroxylation is 2. The third-order valence-corrected chi connectivity index (χ3v) is 4.06. The van der Waals surface area contributed by atoms with Crippen molar-refractivity contribution in [3.63, 3.8) is 0 Å². The van der Waals surface area contributed by atoms with Crippen molar-refractivity contribution in [2.24, 2.45) is 5.92 Å². The molecule has 114 valence electrons. The second-order valence-electron chi connectivity index (χ2n) is 6.61. The summed E-state index contributed by atoms with van der Waals surface area (Å²) in [5.41, 5.74) is 2.81. The highest BCUT2D eigenvalue weighted by Crippen LogP contribution is 2.10. The van der Waals surface area contributed by atoms with Gasteiger partial charge in [-0.2, -0.15) is 0 Å². The smallest absolute Gasteiger partial charge is 0.0237 e.